The molecular weight excluding hydrogens is 156 g/mol. The minimum absolute atomic E-state index is 0.388. The zero-order chi connectivity index (χ0) is 9.14. The maximum atomic E-state index is 10.6. The third-order valence-corrected chi connectivity index (χ3v) is 2.24. The van der Waals surface area contributed by atoms with Gasteiger partial charge in [-0.25, -0.2) is 0 Å². The highest BCUT2D eigenvalue weighted by Crippen LogP contribution is 2.03. The number of piperazine rings is 1. The van der Waals surface area contributed by atoms with E-state index in [1.54, 1.807) is 0 Å². The molecular formula is C8H16N2O2. The highest BCUT2D eigenvalue weighted by molar-refractivity contribution is 5.73. The molecule has 0 saturated carbocycles. The molecule has 0 bridgehead atoms. The van der Waals surface area contributed by atoms with Crippen molar-refractivity contribution in [2.45, 2.75) is 25.9 Å². The van der Waals surface area contributed by atoms with E-state index in [9.17, 15) is 4.79 Å². The van der Waals surface area contributed by atoms with Crippen molar-refractivity contribution in [3.8, 4) is 0 Å². The van der Waals surface area contributed by atoms with Gasteiger partial charge in [0.15, 0.2) is 0 Å². The van der Waals surface area contributed by atoms with Gasteiger partial charge in [-0.1, -0.05) is 0 Å². The molecule has 12 heavy (non-hydrogen) atoms. The number of carboxylic acids is 1. The molecule has 0 amide bonds. The Morgan fingerprint density at radius 3 is 2.83 bits per heavy atom. The van der Waals surface area contributed by atoms with Crippen LogP contribution in [0.25, 0.3) is 0 Å². The topological polar surface area (TPSA) is 52.6 Å². The van der Waals surface area contributed by atoms with Crippen molar-refractivity contribution in [1.82, 2.24) is 10.2 Å². The van der Waals surface area contributed by atoms with E-state index >= 15 is 0 Å². The van der Waals surface area contributed by atoms with Crippen LogP contribution in [-0.2, 0) is 4.79 Å². The second-order valence-electron chi connectivity index (χ2n) is 3.43. The highest BCUT2D eigenvalue weighted by Gasteiger charge is 2.25. The van der Waals surface area contributed by atoms with E-state index in [1.165, 1.54) is 0 Å². The van der Waals surface area contributed by atoms with Crippen molar-refractivity contribution in [2.24, 2.45) is 0 Å². The lowest BCUT2D eigenvalue weighted by atomic mass is 10.2. The molecule has 0 spiro atoms. The van der Waals surface area contributed by atoms with E-state index in [-0.39, 0.29) is 6.04 Å². The summed E-state index contributed by atoms with van der Waals surface area (Å²) in [5, 5.41) is 11.7. The van der Waals surface area contributed by atoms with Gasteiger partial charge in [0.25, 0.3) is 0 Å². The molecule has 0 aromatic heterocycles. The Bertz CT molecular complexity index is 170. The van der Waals surface area contributed by atoms with Crippen LogP contribution in [0.3, 0.4) is 0 Å². The Kier molecular flexibility index (Phi) is 3.05. The molecule has 0 unspecified atom stereocenters. The van der Waals surface area contributed by atoms with E-state index in [1.807, 2.05) is 0 Å². The normalized spacial score (nSPS) is 26.1. The molecule has 1 aliphatic heterocycles. The number of nitrogens with one attached hydrogen (secondary N) is 1. The smallest absolute Gasteiger partial charge is 0.322 e. The van der Waals surface area contributed by atoms with Crippen molar-refractivity contribution in [3.05, 3.63) is 0 Å². The Balaban J connectivity index is 2.46. The Morgan fingerprint density at radius 2 is 2.33 bits per heavy atom. The summed E-state index contributed by atoms with van der Waals surface area (Å²) >= 11 is 0. The predicted molar refractivity (Wildman–Crippen MR) is 46.1 cm³/mol. The van der Waals surface area contributed by atoms with Gasteiger partial charge >= 0.3 is 5.97 Å². The first kappa shape index (κ1) is 9.48. The first-order valence-corrected chi connectivity index (χ1v) is 4.31. The third-order valence-electron chi connectivity index (χ3n) is 2.24. The van der Waals surface area contributed by atoms with Crippen LogP contribution in [0.5, 0.6) is 0 Å². The fourth-order valence-corrected chi connectivity index (χ4v) is 1.41. The van der Waals surface area contributed by atoms with E-state index in [0.717, 1.165) is 13.1 Å². The van der Waals surface area contributed by atoms with Crippen LogP contribution >= 0.6 is 0 Å². The fraction of sp³-hybridized carbons (Fsp3) is 0.875. The minimum atomic E-state index is -0.750. The van der Waals surface area contributed by atoms with Gasteiger partial charge in [0.05, 0.1) is 0 Å². The highest BCUT2D eigenvalue weighted by atomic mass is 16.4. The van der Waals surface area contributed by atoms with Crippen LogP contribution in [0.15, 0.2) is 0 Å². The molecule has 1 heterocycles. The Morgan fingerprint density at radius 1 is 1.67 bits per heavy atom. The summed E-state index contributed by atoms with van der Waals surface area (Å²) in [5.41, 5.74) is 0. The van der Waals surface area contributed by atoms with Crippen molar-refractivity contribution in [2.75, 3.05) is 19.6 Å². The first-order valence-electron chi connectivity index (χ1n) is 4.31. The van der Waals surface area contributed by atoms with Crippen LogP contribution in [0, 0.1) is 0 Å². The lowest BCUT2D eigenvalue weighted by Gasteiger charge is -2.34. The molecule has 0 radical (unpaired) electrons. The van der Waals surface area contributed by atoms with Crippen LogP contribution in [0.4, 0.5) is 0 Å². The summed E-state index contributed by atoms with van der Waals surface area (Å²) in [5.74, 6) is -0.750. The van der Waals surface area contributed by atoms with Crippen LogP contribution in [0.1, 0.15) is 13.8 Å². The van der Waals surface area contributed by atoms with Gasteiger partial charge < -0.3 is 10.4 Å². The molecule has 0 aliphatic carbocycles. The zero-order valence-electron chi connectivity index (χ0n) is 7.58. The molecule has 1 saturated heterocycles. The Hall–Kier alpha value is -0.610. The summed E-state index contributed by atoms with van der Waals surface area (Å²) < 4.78 is 0. The summed E-state index contributed by atoms with van der Waals surface area (Å²) in [6, 6.07) is 0.0510. The number of carbonyl (C=O) groups is 1. The summed E-state index contributed by atoms with van der Waals surface area (Å²) in [6.07, 6.45) is 0. The number of nitrogens with zero attached hydrogens (tertiary/aromatic N) is 1. The first-order chi connectivity index (χ1) is 5.61. The maximum absolute atomic E-state index is 10.6. The van der Waals surface area contributed by atoms with Crippen LogP contribution < -0.4 is 5.32 Å². The monoisotopic (exact) mass is 172 g/mol. The van der Waals surface area contributed by atoms with Crippen LogP contribution in [-0.4, -0.2) is 47.7 Å². The van der Waals surface area contributed by atoms with Gasteiger partial charge in [0, 0.05) is 25.7 Å². The van der Waals surface area contributed by atoms with Crippen molar-refractivity contribution in [3.63, 3.8) is 0 Å². The summed E-state index contributed by atoms with van der Waals surface area (Å²) in [7, 11) is 0. The van der Waals surface area contributed by atoms with E-state index < -0.39 is 5.97 Å². The molecule has 2 N–H and O–H groups in total. The molecule has 4 heteroatoms. The second kappa shape index (κ2) is 3.87. The molecule has 4 nitrogen and oxygen atoms in total. The van der Waals surface area contributed by atoms with E-state index in [4.69, 9.17) is 5.11 Å². The second-order valence-corrected chi connectivity index (χ2v) is 3.43. The fourth-order valence-electron chi connectivity index (χ4n) is 1.41. The average molecular weight is 172 g/mol. The lowest BCUT2D eigenvalue weighted by Crippen LogP contribution is -2.55. The van der Waals surface area contributed by atoms with E-state index in [0.29, 0.717) is 12.6 Å². The molecule has 1 atom stereocenters. The quantitative estimate of drug-likeness (QED) is 0.603. The minimum Gasteiger partial charge on any atom is -0.480 e. The average Bonchev–Trinajstić information content (AvgIpc) is 2.04. The van der Waals surface area contributed by atoms with E-state index in [2.05, 4.69) is 24.1 Å². The van der Waals surface area contributed by atoms with Gasteiger partial charge in [-0.15, -0.1) is 0 Å². The number of rotatable bonds is 2. The molecule has 1 fully saturated rings. The van der Waals surface area contributed by atoms with Crippen LogP contribution in [0.2, 0.25) is 0 Å². The van der Waals surface area contributed by atoms with Gasteiger partial charge in [-0.05, 0) is 13.8 Å². The third kappa shape index (κ3) is 2.19. The molecule has 70 valence electrons. The predicted octanol–water partition coefficient (Wildman–Crippen LogP) is -0.247. The lowest BCUT2D eigenvalue weighted by molar-refractivity contribution is -0.140. The Labute approximate surface area is 72.6 Å². The number of carboxylic acid groups (broad SMARTS) is 1. The zero-order valence-corrected chi connectivity index (χ0v) is 7.58. The maximum Gasteiger partial charge on any atom is 0.322 e. The van der Waals surface area contributed by atoms with Gasteiger partial charge in [0.1, 0.15) is 6.04 Å². The van der Waals surface area contributed by atoms with Crippen molar-refractivity contribution < 1.29 is 9.90 Å². The largest absolute Gasteiger partial charge is 0.480 e. The number of hydrogen-bond donors (Lipinski definition) is 2. The van der Waals surface area contributed by atoms with Gasteiger partial charge in [-0.3, -0.25) is 9.69 Å². The summed E-state index contributed by atoms with van der Waals surface area (Å²) in [6.45, 7) is 6.51. The van der Waals surface area contributed by atoms with Gasteiger partial charge in [-0.2, -0.15) is 0 Å². The molecule has 1 aliphatic rings. The number of hydrogen-bond acceptors (Lipinski definition) is 3. The van der Waals surface area contributed by atoms with Crippen molar-refractivity contribution in [1.29, 1.82) is 0 Å². The number of aliphatic carboxylic acids is 1. The van der Waals surface area contributed by atoms with Gasteiger partial charge in [0.2, 0.25) is 0 Å². The standard InChI is InChI=1S/C8H16N2O2/c1-6(2)10-4-3-9-7(5-10)8(11)12/h6-7,9H,3-5H2,1-2H3,(H,11,12)/t7-/m0/s1. The molecule has 1 rings (SSSR count). The van der Waals surface area contributed by atoms with Crippen molar-refractivity contribution >= 4 is 5.97 Å². The molecule has 0 aromatic rings. The molecule has 0 aromatic carbocycles. The SMILES string of the molecule is CC(C)N1CCN[C@H](C(=O)O)C1. The summed E-state index contributed by atoms with van der Waals surface area (Å²) in [4.78, 5) is 12.8.